The Hall–Kier alpha value is -1.02. The lowest BCUT2D eigenvalue weighted by molar-refractivity contribution is 0.314. The minimum Gasteiger partial charge on any atom is -0.497 e. The fourth-order valence-electron chi connectivity index (χ4n) is 1.67. The van der Waals surface area contributed by atoms with E-state index in [9.17, 15) is 0 Å². The van der Waals surface area contributed by atoms with Gasteiger partial charge >= 0.3 is 0 Å². The molecule has 1 rings (SSSR count). The Kier molecular flexibility index (Phi) is 3.75. The van der Waals surface area contributed by atoms with Crippen LogP contribution in [0.4, 0.5) is 0 Å². The molecule has 0 spiro atoms. The number of hydrogen-bond donors (Lipinski definition) is 1. The predicted molar refractivity (Wildman–Crippen MR) is 64.0 cm³/mol. The van der Waals surface area contributed by atoms with Crippen molar-refractivity contribution in [2.45, 2.75) is 32.7 Å². The molecule has 2 heteroatoms. The number of ether oxygens (including phenoxy) is 1. The first-order chi connectivity index (χ1) is 7.02. The lowest BCUT2D eigenvalue weighted by Crippen LogP contribution is -2.39. The maximum atomic E-state index is 6.36. The highest BCUT2D eigenvalue weighted by molar-refractivity contribution is 5.33. The first-order valence-corrected chi connectivity index (χ1v) is 5.45. The summed E-state index contributed by atoms with van der Waals surface area (Å²) in [6.07, 6.45) is 1.07. The van der Waals surface area contributed by atoms with Gasteiger partial charge in [-0.15, -0.1) is 0 Å². The Bertz CT molecular complexity index is 320. The summed E-state index contributed by atoms with van der Waals surface area (Å²) >= 11 is 0. The third-order valence-corrected chi connectivity index (χ3v) is 3.33. The topological polar surface area (TPSA) is 35.2 Å². The molecular weight excluding hydrogens is 186 g/mol. The van der Waals surface area contributed by atoms with Crippen LogP contribution in [0.1, 0.15) is 32.8 Å². The van der Waals surface area contributed by atoms with Gasteiger partial charge < -0.3 is 10.5 Å². The van der Waals surface area contributed by atoms with Gasteiger partial charge in [-0.05, 0) is 30.5 Å². The van der Waals surface area contributed by atoms with Crippen molar-refractivity contribution < 1.29 is 4.74 Å². The molecule has 2 nitrogen and oxygen atoms in total. The second kappa shape index (κ2) is 4.67. The molecule has 2 atom stereocenters. The number of nitrogens with two attached hydrogens (primary N) is 1. The van der Waals surface area contributed by atoms with Crippen molar-refractivity contribution in [2.75, 3.05) is 7.11 Å². The molecule has 84 valence electrons. The van der Waals surface area contributed by atoms with E-state index in [0.717, 1.165) is 17.7 Å². The SMILES string of the molecule is CCC(C)C(C)(N)c1cccc(OC)c1. The Balaban J connectivity index is 3.03. The van der Waals surface area contributed by atoms with E-state index in [1.807, 2.05) is 18.2 Å². The summed E-state index contributed by atoms with van der Waals surface area (Å²) in [5.41, 5.74) is 7.21. The molecule has 0 aliphatic carbocycles. The van der Waals surface area contributed by atoms with E-state index in [0.29, 0.717) is 5.92 Å². The maximum Gasteiger partial charge on any atom is 0.119 e. The van der Waals surface area contributed by atoms with E-state index in [-0.39, 0.29) is 5.54 Å². The predicted octanol–water partition coefficient (Wildman–Crippen LogP) is 2.92. The largest absolute Gasteiger partial charge is 0.497 e. The third-order valence-electron chi connectivity index (χ3n) is 3.33. The summed E-state index contributed by atoms with van der Waals surface area (Å²) in [4.78, 5) is 0. The fraction of sp³-hybridized carbons (Fsp3) is 0.538. The molecule has 0 bridgehead atoms. The van der Waals surface area contributed by atoms with E-state index in [1.165, 1.54) is 0 Å². The Morgan fingerprint density at radius 2 is 2.13 bits per heavy atom. The summed E-state index contributed by atoms with van der Waals surface area (Å²) in [6, 6.07) is 8.01. The minimum absolute atomic E-state index is 0.288. The fourth-order valence-corrected chi connectivity index (χ4v) is 1.67. The average Bonchev–Trinajstić information content (AvgIpc) is 2.27. The molecule has 0 amide bonds. The van der Waals surface area contributed by atoms with Gasteiger partial charge in [0.2, 0.25) is 0 Å². The molecule has 1 aromatic carbocycles. The molecule has 0 aliphatic rings. The van der Waals surface area contributed by atoms with Crippen LogP contribution in [-0.2, 0) is 5.54 Å². The van der Waals surface area contributed by atoms with Crippen LogP contribution in [0.15, 0.2) is 24.3 Å². The van der Waals surface area contributed by atoms with Gasteiger partial charge in [-0.1, -0.05) is 32.4 Å². The molecule has 0 aliphatic heterocycles. The summed E-state index contributed by atoms with van der Waals surface area (Å²) in [5, 5.41) is 0. The van der Waals surface area contributed by atoms with Gasteiger partial charge in [0.1, 0.15) is 5.75 Å². The van der Waals surface area contributed by atoms with E-state index >= 15 is 0 Å². The monoisotopic (exact) mass is 207 g/mol. The maximum absolute atomic E-state index is 6.36. The van der Waals surface area contributed by atoms with Crippen molar-refractivity contribution in [3.63, 3.8) is 0 Å². The second-order valence-electron chi connectivity index (χ2n) is 4.32. The van der Waals surface area contributed by atoms with Gasteiger partial charge in [-0.25, -0.2) is 0 Å². The number of benzene rings is 1. The zero-order valence-electron chi connectivity index (χ0n) is 10.1. The second-order valence-corrected chi connectivity index (χ2v) is 4.32. The van der Waals surface area contributed by atoms with Crippen LogP contribution in [0.25, 0.3) is 0 Å². The van der Waals surface area contributed by atoms with Crippen LogP contribution in [0.2, 0.25) is 0 Å². The van der Waals surface area contributed by atoms with E-state index in [4.69, 9.17) is 10.5 Å². The molecule has 0 radical (unpaired) electrons. The third kappa shape index (κ3) is 2.51. The van der Waals surface area contributed by atoms with Crippen LogP contribution in [-0.4, -0.2) is 7.11 Å². The summed E-state index contributed by atoms with van der Waals surface area (Å²) < 4.78 is 5.21. The molecule has 0 fully saturated rings. The zero-order valence-corrected chi connectivity index (χ0v) is 10.1. The molecule has 2 unspecified atom stereocenters. The first kappa shape index (κ1) is 12.1. The van der Waals surface area contributed by atoms with Crippen molar-refractivity contribution in [1.82, 2.24) is 0 Å². The molecule has 0 aromatic heterocycles. The minimum atomic E-state index is -0.288. The summed E-state index contributed by atoms with van der Waals surface area (Å²) in [7, 11) is 1.68. The smallest absolute Gasteiger partial charge is 0.119 e. The van der Waals surface area contributed by atoms with Crippen molar-refractivity contribution in [3.8, 4) is 5.75 Å². The molecule has 0 heterocycles. The number of methoxy groups -OCH3 is 1. The summed E-state index contributed by atoms with van der Waals surface area (Å²) in [6.45, 7) is 6.42. The Labute approximate surface area is 92.4 Å². The highest BCUT2D eigenvalue weighted by Gasteiger charge is 2.27. The van der Waals surface area contributed by atoms with E-state index in [1.54, 1.807) is 7.11 Å². The van der Waals surface area contributed by atoms with Crippen molar-refractivity contribution >= 4 is 0 Å². The van der Waals surface area contributed by atoms with Gasteiger partial charge in [-0.2, -0.15) is 0 Å². The normalized spacial score (nSPS) is 16.9. The van der Waals surface area contributed by atoms with Crippen LogP contribution >= 0.6 is 0 Å². The molecule has 15 heavy (non-hydrogen) atoms. The number of rotatable bonds is 4. The van der Waals surface area contributed by atoms with Gasteiger partial charge in [0.05, 0.1) is 7.11 Å². The molecule has 1 aromatic rings. The molecular formula is C13H21NO. The first-order valence-electron chi connectivity index (χ1n) is 5.45. The molecule has 2 N–H and O–H groups in total. The lowest BCUT2D eigenvalue weighted by Gasteiger charge is -2.31. The molecule has 0 saturated carbocycles. The Morgan fingerprint density at radius 1 is 1.47 bits per heavy atom. The summed E-state index contributed by atoms with van der Waals surface area (Å²) in [5.74, 6) is 1.32. The van der Waals surface area contributed by atoms with Crippen LogP contribution < -0.4 is 10.5 Å². The van der Waals surface area contributed by atoms with Crippen LogP contribution in [0.3, 0.4) is 0 Å². The highest BCUT2D eigenvalue weighted by Crippen LogP contribution is 2.30. The number of hydrogen-bond acceptors (Lipinski definition) is 2. The van der Waals surface area contributed by atoms with Crippen LogP contribution in [0, 0.1) is 5.92 Å². The van der Waals surface area contributed by atoms with Crippen molar-refractivity contribution in [2.24, 2.45) is 11.7 Å². The van der Waals surface area contributed by atoms with Gasteiger partial charge in [0.15, 0.2) is 0 Å². The quantitative estimate of drug-likeness (QED) is 0.824. The lowest BCUT2D eigenvalue weighted by atomic mass is 9.80. The van der Waals surface area contributed by atoms with Crippen molar-refractivity contribution in [1.29, 1.82) is 0 Å². The van der Waals surface area contributed by atoms with Gasteiger partial charge in [0, 0.05) is 5.54 Å². The van der Waals surface area contributed by atoms with Gasteiger partial charge in [-0.3, -0.25) is 0 Å². The van der Waals surface area contributed by atoms with E-state index < -0.39 is 0 Å². The standard InChI is InChI=1S/C13H21NO/c1-5-10(2)13(3,14)11-7-6-8-12(9-11)15-4/h6-10H,5,14H2,1-4H3. The Morgan fingerprint density at radius 3 is 2.67 bits per heavy atom. The molecule has 0 saturated heterocycles. The van der Waals surface area contributed by atoms with E-state index in [2.05, 4.69) is 26.8 Å². The van der Waals surface area contributed by atoms with Crippen LogP contribution in [0.5, 0.6) is 5.75 Å². The average molecular weight is 207 g/mol. The van der Waals surface area contributed by atoms with Crippen molar-refractivity contribution in [3.05, 3.63) is 29.8 Å². The highest BCUT2D eigenvalue weighted by atomic mass is 16.5. The zero-order chi connectivity index (χ0) is 11.5. The van der Waals surface area contributed by atoms with Gasteiger partial charge in [0.25, 0.3) is 0 Å².